The second-order valence-corrected chi connectivity index (χ2v) is 6.84. The van der Waals surface area contributed by atoms with Crippen LogP contribution in [0, 0.1) is 0 Å². The Morgan fingerprint density at radius 2 is 2.00 bits per heavy atom. The lowest BCUT2D eigenvalue weighted by Gasteiger charge is -2.13. The molecule has 2 rings (SSSR count). The van der Waals surface area contributed by atoms with E-state index in [-0.39, 0.29) is 18.2 Å². The van der Waals surface area contributed by atoms with Gasteiger partial charge >= 0.3 is 0 Å². The average Bonchev–Trinajstić information content (AvgIpc) is 2.78. The number of rotatable bonds is 6. The summed E-state index contributed by atoms with van der Waals surface area (Å²) < 4.78 is 28.6. The molecule has 0 amide bonds. The molecule has 0 saturated heterocycles. The van der Waals surface area contributed by atoms with Crippen LogP contribution in [0.2, 0.25) is 0 Å². The summed E-state index contributed by atoms with van der Waals surface area (Å²) in [7, 11) is -1.76. The molecule has 0 radical (unpaired) electrons. The number of nitrogens with zero attached hydrogens (tertiary/aromatic N) is 2. The quantitative estimate of drug-likeness (QED) is 0.844. The van der Waals surface area contributed by atoms with Gasteiger partial charge in [-0.1, -0.05) is 37.3 Å². The maximum absolute atomic E-state index is 12.3. The second kappa shape index (κ2) is 6.28. The first-order chi connectivity index (χ1) is 9.91. The van der Waals surface area contributed by atoms with E-state index in [0.717, 1.165) is 5.56 Å². The number of aromatic nitrogens is 2. The summed E-state index contributed by atoms with van der Waals surface area (Å²) in [6.45, 7) is 2.12. The van der Waals surface area contributed by atoms with Crippen LogP contribution in [0.1, 0.15) is 24.0 Å². The van der Waals surface area contributed by atoms with E-state index < -0.39 is 10.0 Å². The molecule has 6 nitrogen and oxygen atoms in total. The number of benzene rings is 1. The minimum atomic E-state index is -3.48. The summed E-state index contributed by atoms with van der Waals surface area (Å²) in [6.07, 6.45) is 1.71. The molecule has 0 fully saturated rings. The van der Waals surface area contributed by atoms with Gasteiger partial charge in [-0.3, -0.25) is 9.40 Å². The zero-order valence-corrected chi connectivity index (χ0v) is 13.0. The minimum Gasteiger partial charge on any atom is -0.326 e. The van der Waals surface area contributed by atoms with Gasteiger partial charge in [0, 0.05) is 25.4 Å². The zero-order valence-electron chi connectivity index (χ0n) is 12.2. The van der Waals surface area contributed by atoms with Gasteiger partial charge in [0.1, 0.15) is 0 Å². The molecular formula is C14H20N4O2S. The summed E-state index contributed by atoms with van der Waals surface area (Å²) >= 11 is 0. The molecule has 0 saturated carbocycles. The predicted molar refractivity (Wildman–Crippen MR) is 83.4 cm³/mol. The third-order valence-electron chi connectivity index (χ3n) is 3.21. The van der Waals surface area contributed by atoms with E-state index in [9.17, 15) is 8.42 Å². The number of hydrogen-bond acceptors (Lipinski definition) is 4. The van der Waals surface area contributed by atoms with Gasteiger partial charge in [-0.2, -0.15) is 5.10 Å². The molecule has 1 unspecified atom stereocenters. The van der Waals surface area contributed by atoms with Crippen molar-refractivity contribution in [3.63, 3.8) is 0 Å². The van der Waals surface area contributed by atoms with E-state index in [1.165, 1.54) is 0 Å². The lowest BCUT2D eigenvalue weighted by Crippen LogP contribution is -2.21. The van der Waals surface area contributed by atoms with Crippen molar-refractivity contribution in [2.45, 2.75) is 19.4 Å². The first-order valence-electron chi connectivity index (χ1n) is 6.69. The highest BCUT2D eigenvalue weighted by Crippen LogP contribution is 2.19. The Hall–Kier alpha value is -1.86. The molecule has 114 valence electrons. The van der Waals surface area contributed by atoms with E-state index >= 15 is 0 Å². The van der Waals surface area contributed by atoms with E-state index in [2.05, 4.69) is 9.82 Å². The van der Waals surface area contributed by atoms with Gasteiger partial charge in [-0.05, 0) is 11.5 Å². The van der Waals surface area contributed by atoms with Crippen LogP contribution in [0.4, 0.5) is 5.82 Å². The molecule has 21 heavy (non-hydrogen) atoms. The molecule has 1 atom stereocenters. The van der Waals surface area contributed by atoms with Crippen LogP contribution in [-0.2, 0) is 23.6 Å². The largest absolute Gasteiger partial charge is 0.326 e. The average molecular weight is 308 g/mol. The Labute approximate surface area is 125 Å². The van der Waals surface area contributed by atoms with Gasteiger partial charge in [0.25, 0.3) is 0 Å². The van der Waals surface area contributed by atoms with Gasteiger partial charge in [-0.15, -0.1) is 0 Å². The normalized spacial score (nSPS) is 13.1. The van der Waals surface area contributed by atoms with Crippen molar-refractivity contribution in [2.24, 2.45) is 12.8 Å². The van der Waals surface area contributed by atoms with Gasteiger partial charge in [0.15, 0.2) is 5.82 Å². The Balaban J connectivity index is 2.12. The highest BCUT2D eigenvalue weighted by Gasteiger charge is 2.19. The maximum Gasteiger partial charge on any atom is 0.234 e. The van der Waals surface area contributed by atoms with Crippen molar-refractivity contribution >= 4 is 15.8 Å². The summed E-state index contributed by atoms with van der Waals surface area (Å²) in [6, 6.07) is 9.55. The number of anilines is 1. The summed E-state index contributed by atoms with van der Waals surface area (Å²) in [5.74, 6) is 0.200. The number of sulfonamides is 1. The third-order valence-corrected chi connectivity index (χ3v) is 4.66. The molecule has 2 aromatic rings. The molecule has 0 spiro atoms. The molecule has 1 aromatic carbocycles. The Morgan fingerprint density at radius 3 is 2.62 bits per heavy atom. The fraction of sp³-hybridized carbons (Fsp3) is 0.357. The fourth-order valence-electron chi connectivity index (χ4n) is 2.17. The lowest BCUT2D eigenvalue weighted by molar-refractivity contribution is 0.595. The molecule has 1 aromatic heterocycles. The summed E-state index contributed by atoms with van der Waals surface area (Å²) in [5, 5.41) is 4.09. The van der Waals surface area contributed by atoms with Crippen LogP contribution in [0.5, 0.6) is 0 Å². The van der Waals surface area contributed by atoms with E-state index in [0.29, 0.717) is 11.4 Å². The second-order valence-electron chi connectivity index (χ2n) is 5.08. The molecular weight excluding hydrogens is 288 g/mol. The Bertz CT molecular complexity index is 695. The zero-order chi connectivity index (χ0) is 15.5. The van der Waals surface area contributed by atoms with Crippen LogP contribution in [0.25, 0.3) is 0 Å². The SMILES string of the molecule is CC(CS(=O)(=O)Nc1nn(C)cc1CN)c1ccccc1. The molecule has 0 bridgehead atoms. The van der Waals surface area contributed by atoms with Crippen molar-refractivity contribution in [2.75, 3.05) is 10.5 Å². The van der Waals surface area contributed by atoms with Gasteiger partial charge < -0.3 is 5.73 Å². The van der Waals surface area contributed by atoms with Crippen LogP contribution in [0.3, 0.4) is 0 Å². The number of aryl methyl sites for hydroxylation is 1. The van der Waals surface area contributed by atoms with Crippen molar-refractivity contribution < 1.29 is 8.42 Å². The highest BCUT2D eigenvalue weighted by molar-refractivity contribution is 7.92. The molecule has 0 aliphatic heterocycles. The Morgan fingerprint density at radius 1 is 1.33 bits per heavy atom. The van der Waals surface area contributed by atoms with Crippen LogP contribution in [-0.4, -0.2) is 24.0 Å². The minimum absolute atomic E-state index is 0.00238. The van der Waals surface area contributed by atoms with Crippen LogP contribution in [0.15, 0.2) is 36.5 Å². The lowest BCUT2D eigenvalue weighted by atomic mass is 10.0. The number of hydrogen-bond donors (Lipinski definition) is 2. The Kier molecular flexibility index (Phi) is 4.64. The molecule has 3 N–H and O–H groups in total. The smallest absolute Gasteiger partial charge is 0.234 e. The van der Waals surface area contributed by atoms with Crippen LogP contribution >= 0.6 is 0 Å². The summed E-state index contributed by atoms with van der Waals surface area (Å²) in [4.78, 5) is 0. The first-order valence-corrected chi connectivity index (χ1v) is 8.34. The molecule has 0 aliphatic carbocycles. The first kappa shape index (κ1) is 15.5. The monoisotopic (exact) mass is 308 g/mol. The van der Waals surface area contributed by atoms with Crippen molar-refractivity contribution in [1.29, 1.82) is 0 Å². The van der Waals surface area contributed by atoms with Gasteiger partial charge in [-0.25, -0.2) is 8.42 Å². The highest BCUT2D eigenvalue weighted by atomic mass is 32.2. The number of nitrogens with two attached hydrogens (primary N) is 1. The van der Waals surface area contributed by atoms with Gasteiger partial charge in [0.05, 0.1) is 5.75 Å². The predicted octanol–water partition coefficient (Wildman–Crippen LogP) is 1.42. The fourth-order valence-corrected chi connectivity index (χ4v) is 3.57. The van der Waals surface area contributed by atoms with Gasteiger partial charge in [0.2, 0.25) is 10.0 Å². The standard InChI is InChI=1S/C14H20N4O2S/c1-11(12-6-4-3-5-7-12)10-21(19,20)17-14-13(8-15)9-18(2)16-14/h3-7,9,11H,8,10,15H2,1-2H3,(H,16,17). The van der Waals surface area contributed by atoms with Crippen LogP contribution < -0.4 is 10.5 Å². The molecule has 0 aliphatic rings. The van der Waals surface area contributed by atoms with E-state index in [1.54, 1.807) is 17.9 Å². The summed E-state index contributed by atoms with van der Waals surface area (Å²) in [5.41, 5.74) is 7.25. The number of nitrogens with one attached hydrogen (secondary N) is 1. The van der Waals surface area contributed by atoms with Crippen molar-refractivity contribution in [1.82, 2.24) is 9.78 Å². The topological polar surface area (TPSA) is 90.0 Å². The van der Waals surface area contributed by atoms with E-state index in [1.807, 2.05) is 37.3 Å². The molecule has 1 heterocycles. The third kappa shape index (κ3) is 4.05. The van der Waals surface area contributed by atoms with Crippen molar-refractivity contribution in [3.8, 4) is 0 Å². The molecule has 7 heteroatoms. The maximum atomic E-state index is 12.3. The van der Waals surface area contributed by atoms with Crippen molar-refractivity contribution in [3.05, 3.63) is 47.7 Å². The van der Waals surface area contributed by atoms with E-state index in [4.69, 9.17) is 5.73 Å².